The molecule has 0 radical (unpaired) electrons. The van der Waals surface area contributed by atoms with E-state index >= 15 is 0 Å². The van der Waals surface area contributed by atoms with Crippen LogP contribution >= 0.6 is 0 Å². The maximum atomic E-state index is 11.1. The van der Waals surface area contributed by atoms with Crippen LogP contribution in [-0.4, -0.2) is 16.4 Å². The highest BCUT2D eigenvalue weighted by Gasteiger charge is 2.33. The standard InChI is InChI=1S/C11H14N2O/c1-11(6-5-10(14)13-11)8-9-4-2-3-7-12-9/h2-4,7H,5-6,8H2,1H3,(H,13,14). The third-order valence-corrected chi connectivity index (χ3v) is 2.64. The van der Waals surface area contributed by atoms with E-state index in [-0.39, 0.29) is 11.4 Å². The van der Waals surface area contributed by atoms with Crippen molar-refractivity contribution in [2.24, 2.45) is 0 Å². The molecule has 3 nitrogen and oxygen atoms in total. The second kappa shape index (κ2) is 3.40. The molecule has 0 saturated carbocycles. The average Bonchev–Trinajstić information content (AvgIpc) is 2.47. The van der Waals surface area contributed by atoms with Gasteiger partial charge in [-0.3, -0.25) is 9.78 Å². The van der Waals surface area contributed by atoms with Crippen molar-refractivity contribution in [3.05, 3.63) is 30.1 Å². The lowest BCUT2D eigenvalue weighted by molar-refractivity contribution is -0.119. The first-order chi connectivity index (χ1) is 6.68. The van der Waals surface area contributed by atoms with Crippen molar-refractivity contribution in [1.29, 1.82) is 0 Å². The highest BCUT2D eigenvalue weighted by Crippen LogP contribution is 2.22. The van der Waals surface area contributed by atoms with E-state index in [1.165, 1.54) is 0 Å². The van der Waals surface area contributed by atoms with Crippen LogP contribution in [0.2, 0.25) is 0 Å². The summed E-state index contributed by atoms with van der Waals surface area (Å²) in [5, 5.41) is 3.00. The molecule has 3 heteroatoms. The summed E-state index contributed by atoms with van der Waals surface area (Å²) in [7, 11) is 0. The van der Waals surface area contributed by atoms with Crippen molar-refractivity contribution in [2.75, 3.05) is 0 Å². The Balaban J connectivity index is 2.08. The van der Waals surface area contributed by atoms with Crippen molar-refractivity contribution in [1.82, 2.24) is 10.3 Å². The summed E-state index contributed by atoms with van der Waals surface area (Å²) in [5.41, 5.74) is 0.947. The predicted octanol–water partition coefficient (Wildman–Crippen LogP) is 1.29. The van der Waals surface area contributed by atoms with Gasteiger partial charge in [-0.05, 0) is 25.5 Å². The lowest BCUT2D eigenvalue weighted by Crippen LogP contribution is -2.40. The number of hydrogen-bond acceptors (Lipinski definition) is 2. The highest BCUT2D eigenvalue weighted by atomic mass is 16.2. The summed E-state index contributed by atoms with van der Waals surface area (Å²) in [6, 6.07) is 5.87. The van der Waals surface area contributed by atoms with E-state index in [1.54, 1.807) is 6.20 Å². The molecule has 1 aliphatic heterocycles. The second-order valence-electron chi connectivity index (χ2n) is 4.11. The highest BCUT2D eigenvalue weighted by molar-refractivity contribution is 5.79. The van der Waals surface area contributed by atoms with Crippen LogP contribution in [0.5, 0.6) is 0 Å². The molecule has 1 aromatic heterocycles. The smallest absolute Gasteiger partial charge is 0.220 e. The van der Waals surface area contributed by atoms with Gasteiger partial charge in [0, 0.05) is 30.3 Å². The summed E-state index contributed by atoms with van der Waals surface area (Å²) in [6.45, 7) is 2.08. The number of aromatic nitrogens is 1. The maximum Gasteiger partial charge on any atom is 0.220 e. The molecule has 2 rings (SSSR count). The van der Waals surface area contributed by atoms with Gasteiger partial charge in [0.05, 0.1) is 0 Å². The third-order valence-electron chi connectivity index (χ3n) is 2.64. The fourth-order valence-electron chi connectivity index (χ4n) is 1.89. The normalized spacial score (nSPS) is 26.2. The van der Waals surface area contributed by atoms with E-state index in [2.05, 4.69) is 17.2 Å². The lowest BCUT2D eigenvalue weighted by atomic mass is 9.94. The molecular formula is C11H14N2O. The molecular weight excluding hydrogens is 176 g/mol. The fourth-order valence-corrected chi connectivity index (χ4v) is 1.89. The molecule has 1 N–H and O–H groups in total. The Morgan fingerprint density at radius 2 is 2.43 bits per heavy atom. The zero-order chi connectivity index (χ0) is 10.0. The zero-order valence-electron chi connectivity index (χ0n) is 8.29. The van der Waals surface area contributed by atoms with Gasteiger partial charge in [0.1, 0.15) is 0 Å². The number of hydrogen-bond donors (Lipinski definition) is 1. The van der Waals surface area contributed by atoms with Crippen LogP contribution in [0.25, 0.3) is 0 Å². The van der Waals surface area contributed by atoms with Crippen LogP contribution in [0.4, 0.5) is 0 Å². The molecule has 0 aromatic carbocycles. The Morgan fingerprint density at radius 1 is 1.57 bits per heavy atom. The van der Waals surface area contributed by atoms with Crippen molar-refractivity contribution in [3.63, 3.8) is 0 Å². The third kappa shape index (κ3) is 1.92. The van der Waals surface area contributed by atoms with E-state index in [9.17, 15) is 4.79 Å². The van der Waals surface area contributed by atoms with Crippen molar-refractivity contribution in [3.8, 4) is 0 Å². The van der Waals surface area contributed by atoms with Gasteiger partial charge in [-0.1, -0.05) is 6.07 Å². The van der Waals surface area contributed by atoms with Gasteiger partial charge >= 0.3 is 0 Å². The molecule has 1 aromatic rings. The average molecular weight is 190 g/mol. The molecule has 1 aliphatic rings. The Morgan fingerprint density at radius 3 is 3.00 bits per heavy atom. The van der Waals surface area contributed by atoms with Crippen LogP contribution < -0.4 is 5.32 Å². The van der Waals surface area contributed by atoms with Crippen LogP contribution in [0.1, 0.15) is 25.5 Å². The number of amides is 1. The fraction of sp³-hybridized carbons (Fsp3) is 0.455. The number of rotatable bonds is 2. The van der Waals surface area contributed by atoms with Crippen molar-refractivity contribution in [2.45, 2.75) is 31.7 Å². The first kappa shape index (κ1) is 9.19. The molecule has 2 heterocycles. The first-order valence-corrected chi connectivity index (χ1v) is 4.89. The zero-order valence-corrected chi connectivity index (χ0v) is 8.29. The summed E-state index contributed by atoms with van der Waals surface area (Å²) >= 11 is 0. The Labute approximate surface area is 83.5 Å². The van der Waals surface area contributed by atoms with Gasteiger partial charge in [0.2, 0.25) is 5.91 Å². The number of carbonyl (C=O) groups is 1. The number of carbonyl (C=O) groups excluding carboxylic acids is 1. The molecule has 0 bridgehead atoms. The summed E-state index contributed by atoms with van der Waals surface area (Å²) < 4.78 is 0. The SMILES string of the molecule is CC1(Cc2ccccn2)CCC(=O)N1. The molecule has 14 heavy (non-hydrogen) atoms. The van der Waals surface area contributed by atoms with Gasteiger partial charge in [-0.25, -0.2) is 0 Å². The summed E-state index contributed by atoms with van der Waals surface area (Å²) in [5.74, 6) is 0.156. The van der Waals surface area contributed by atoms with Crippen molar-refractivity contribution >= 4 is 5.91 Å². The molecule has 1 fully saturated rings. The Bertz CT molecular complexity index is 336. The van der Waals surface area contributed by atoms with E-state index in [0.717, 1.165) is 18.5 Å². The van der Waals surface area contributed by atoms with Crippen LogP contribution in [0, 0.1) is 0 Å². The lowest BCUT2D eigenvalue weighted by Gasteiger charge is -2.23. The number of nitrogens with one attached hydrogen (secondary N) is 1. The van der Waals surface area contributed by atoms with Gasteiger partial charge in [-0.2, -0.15) is 0 Å². The van der Waals surface area contributed by atoms with E-state index in [1.807, 2.05) is 18.2 Å². The number of nitrogens with zero attached hydrogens (tertiary/aromatic N) is 1. The minimum absolute atomic E-state index is 0.0918. The molecule has 74 valence electrons. The molecule has 1 unspecified atom stereocenters. The van der Waals surface area contributed by atoms with Gasteiger partial charge < -0.3 is 5.32 Å². The monoisotopic (exact) mass is 190 g/mol. The largest absolute Gasteiger partial charge is 0.351 e. The molecule has 0 aliphatic carbocycles. The molecule has 0 spiro atoms. The first-order valence-electron chi connectivity index (χ1n) is 4.89. The molecule has 1 saturated heterocycles. The number of pyridine rings is 1. The van der Waals surface area contributed by atoms with Gasteiger partial charge in [0.25, 0.3) is 0 Å². The minimum Gasteiger partial charge on any atom is -0.351 e. The maximum absolute atomic E-state index is 11.1. The van der Waals surface area contributed by atoms with Crippen LogP contribution in [-0.2, 0) is 11.2 Å². The van der Waals surface area contributed by atoms with E-state index in [0.29, 0.717) is 6.42 Å². The summed E-state index contributed by atoms with van der Waals surface area (Å²) in [6.07, 6.45) is 4.15. The van der Waals surface area contributed by atoms with Crippen molar-refractivity contribution < 1.29 is 4.79 Å². The Kier molecular flexibility index (Phi) is 2.23. The van der Waals surface area contributed by atoms with Crippen LogP contribution in [0.15, 0.2) is 24.4 Å². The Hall–Kier alpha value is -1.38. The van der Waals surface area contributed by atoms with Crippen LogP contribution in [0.3, 0.4) is 0 Å². The quantitative estimate of drug-likeness (QED) is 0.763. The van der Waals surface area contributed by atoms with Gasteiger partial charge in [-0.15, -0.1) is 0 Å². The minimum atomic E-state index is -0.0918. The second-order valence-corrected chi connectivity index (χ2v) is 4.11. The summed E-state index contributed by atoms with van der Waals surface area (Å²) in [4.78, 5) is 15.4. The van der Waals surface area contributed by atoms with E-state index < -0.39 is 0 Å². The molecule has 1 atom stereocenters. The molecule has 1 amide bonds. The van der Waals surface area contributed by atoms with Gasteiger partial charge in [0.15, 0.2) is 0 Å². The predicted molar refractivity (Wildman–Crippen MR) is 53.7 cm³/mol. The topological polar surface area (TPSA) is 42.0 Å². The van der Waals surface area contributed by atoms with E-state index in [4.69, 9.17) is 0 Å².